The van der Waals surface area contributed by atoms with Crippen molar-refractivity contribution in [3.63, 3.8) is 0 Å². The number of alkyl halides is 1. The number of ether oxygens (including phenoxy) is 3. The summed E-state index contributed by atoms with van der Waals surface area (Å²) in [6.07, 6.45) is 4.56. The van der Waals surface area contributed by atoms with Crippen LogP contribution in [-0.4, -0.2) is 23.6 Å². The van der Waals surface area contributed by atoms with E-state index < -0.39 is 23.3 Å². The van der Waals surface area contributed by atoms with Gasteiger partial charge in [0.2, 0.25) is 0 Å². The fraction of sp³-hybridized carbons (Fsp3) is 0.500. The first kappa shape index (κ1) is 21.8. The fourth-order valence-corrected chi connectivity index (χ4v) is 4.36. The van der Waals surface area contributed by atoms with Crippen molar-refractivity contribution in [1.82, 2.24) is 0 Å². The van der Waals surface area contributed by atoms with Crippen molar-refractivity contribution in [2.75, 3.05) is 5.88 Å². The maximum Gasteiger partial charge on any atom is 0.336 e. The van der Waals surface area contributed by atoms with Crippen molar-refractivity contribution in [2.45, 2.75) is 65.3 Å². The van der Waals surface area contributed by atoms with Crippen molar-refractivity contribution < 1.29 is 23.4 Å². The SMILES string of the molecule is CCCc1cc(=O)oc2c3c(c4c(c12)OC(C)(C)C=C4)O[C@H](C)[C@@H](C)[C@@H]3OC(=O)CCl. The summed E-state index contributed by atoms with van der Waals surface area (Å²) in [6.45, 7) is 9.84. The monoisotopic (exact) mass is 446 g/mol. The van der Waals surface area contributed by atoms with Crippen LogP contribution in [0.15, 0.2) is 21.4 Å². The number of fused-ring (bicyclic) bond motifs is 6. The smallest absolute Gasteiger partial charge is 0.336 e. The second kappa shape index (κ2) is 7.90. The first-order chi connectivity index (χ1) is 14.7. The Bertz CT molecular complexity index is 1130. The summed E-state index contributed by atoms with van der Waals surface area (Å²) < 4.78 is 24.2. The first-order valence-corrected chi connectivity index (χ1v) is 11.2. The Kier molecular flexibility index (Phi) is 5.54. The highest BCUT2D eigenvalue weighted by atomic mass is 35.5. The molecule has 0 aliphatic carbocycles. The van der Waals surface area contributed by atoms with Crippen LogP contribution in [0.4, 0.5) is 0 Å². The van der Waals surface area contributed by atoms with Gasteiger partial charge in [-0.25, -0.2) is 4.79 Å². The van der Waals surface area contributed by atoms with E-state index in [1.807, 2.05) is 46.8 Å². The van der Waals surface area contributed by atoms with Gasteiger partial charge < -0.3 is 18.6 Å². The van der Waals surface area contributed by atoms with Gasteiger partial charge in [0.1, 0.15) is 35.2 Å². The molecule has 166 valence electrons. The number of rotatable bonds is 4. The molecule has 3 atom stereocenters. The summed E-state index contributed by atoms with van der Waals surface area (Å²) in [5, 5.41) is 0.727. The van der Waals surface area contributed by atoms with E-state index in [9.17, 15) is 9.59 Å². The highest BCUT2D eigenvalue weighted by Crippen LogP contribution is 2.53. The van der Waals surface area contributed by atoms with Crippen LogP contribution in [0.1, 0.15) is 63.8 Å². The van der Waals surface area contributed by atoms with Gasteiger partial charge in [0, 0.05) is 12.0 Å². The number of hydrogen-bond acceptors (Lipinski definition) is 6. The number of hydrogen-bond donors (Lipinski definition) is 0. The number of esters is 1. The molecule has 0 N–H and O–H groups in total. The molecule has 2 aliphatic heterocycles. The lowest BCUT2D eigenvalue weighted by molar-refractivity contribution is -0.152. The maximum absolute atomic E-state index is 12.5. The van der Waals surface area contributed by atoms with Gasteiger partial charge in [-0.05, 0) is 44.9 Å². The molecule has 7 heteroatoms. The van der Waals surface area contributed by atoms with Gasteiger partial charge in [0.05, 0.1) is 16.5 Å². The largest absolute Gasteiger partial charge is 0.489 e. The van der Waals surface area contributed by atoms with E-state index >= 15 is 0 Å². The van der Waals surface area contributed by atoms with Gasteiger partial charge in [0.25, 0.3) is 0 Å². The highest BCUT2D eigenvalue weighted by molar-refractivity contribution is 6.26. The zero-order chi connectivity index (χ0) is 22.5. The van der Waals surface area contributed by atoms with Gasteiger partial charge in [-0.15, -0.1) is 11.6 Å². The molecule has 2 aromatic rings. The quantitative estimate of drug-likeness (QED) is 0.366. The number of halogens is 1. The standard InChI is InChI=1S/C24H27ClO6/c1-6-7-14-10-16(26)29-23-18(14)22-15(8-9-24(4,5)31-22)21-19(23)20(30-17(27)11-25)12(2)13(3)28-21/h8-10,12-13,20H,6-7,11H2,1-5H3/t12-,13-,20+/m1/s1. The molecule has 1 aromatic heterocycles. The van der Waals surface area contributed by atoms with Gasteiger partial charge >= 0.3 is 11.6 Å². The van der Waals surface area contributed by atoms with Crippen LogP contribution in [0, 0.1) is 5.92 Å². The Balaban J connectivity index is 2.12. The molecule has 2 aliphatic rings. The van der Waals surface area contributed by atoms with E-state index in [0.29, 0.717) is 29.1 Å². The first-order valence-electron chi connectivity index (χ1n) is 10.6. The maximum atomic E-state index is 12.5. The van der Waals surface area contributed by atoms with Crippen LogP contribution in [-0.2, 0) is 16.0 Å². The Morgan fingerprint density at radius 2 is 2.00 bits per heavy atom. The number of aryl methyl sites for hydroxylation is 1. The minimum Gasteiger partial charge on any atom is -0.489 e. The molecule has 0 saturated heterocycles. The average molecular weight is 447 g/mol. The summed E-state index contributed by atoms with van der Waals surface area (Å²) >= 11 is 5.73. The molecule has 0 saturated carbocycles. The highest BCUT2D eigenvalue weighted by Gasteiger charge is 2.42. The molecule has 0 bridgehead atoms. The molecule has 31 heavy (non-hydrogen) atoms. The van der Waals surface area contributed by atoms with E-state index in [2.05, 4.69) is 0 Å². The molecular weight excluding hydrogens is 420 g/mol. The molecule has 6 nitrogen and oxygen atoms in total. The third kappa shape index (κ3) is 3.71. The van der Waals surface area contributed by atoms with Crippen molar-refractivity contribution in [3.05, 3.63) is 39.3 Å². The molecular formula is C24H27ClO6. The van der Waals surface area contributed by atoms with Crippen molar-refractivity contribution in [3.8, 4) is 11.5 Å². The minimum atomic E-state index is -0.666. The second-order valence-corrected chi connectivity index (χ2v) is 9.06. The summed E-state index contributed by atoms with van der Waals surface area (Å²) in [7, 11) is 0. The van der Waals surface area contributed by atoms with Crippen LogP contribution >= 0.6 is 11.6 Å². The van der Waals surface area contributed by atoms with Gasteiger partial charge in [-0.1, -0.05) is 20.3 Å². The Morgan fingerprint density at radius 3 is 2.68 bits per heavy atom. The molecule has 0 spiro atoms. The summed E-state index contributed by atoms with van der Waals surface area (Å²) in [4.78, 5) is 24.7. The van der Waals surface area contributed by atoms with E-state index in [1.165, 1.54) is 6.07 Å². The van der Waals surface area contributed by atoms with E-state index in [0.717, 1.165) is 22.9 Å². The molecule has 3 heterocycles. The second-order valence-electron chi connectivity index (χ2n) is 8.80. The summed E-state index contributed by atoms with van der Waals surface area (Å²) in [5.74, 6) is 0.163. The zero-order valence-electron chi connectivity index (χ0n) is 18.4. The van der Waals surface area contributed by atoms with E-state index in [-0.39, 0.29) is 17.9 Å². The van der Waals surface area contributed by atoms with Crippen molar-refractivity contribution in [1.29, 1.82) is 0 Å². The van der Waals surface area contributed by atoms with Crippen LogP contribution in [0.25, 0.3) is 17.0 Å². The van der Waals surface area contributed by atoms with Crippen LogP contribution in [0.5, 0.6) is 11.5 Å². The van der Waals surface area contributed by atoms with Crippen molar-refractivity contribution in [2.24, 2.45) is 5.92 Å². The third-order valence-corrected chi connectivity index (χ3v) is 6.18. The minimum absolute atomic E-state index is 0.175. The topological polar surface area (TPSA) is 75.0 Å². The lowest BCUT2D eigenvalue weighted by atomic mass is 9.84. The van der Waals surface area contributed by atoms with E-state index in [4.69, 9.17) is 30.2 Å². The predicted octanol–water partition coefficient (Wildman–Crippen LogP) is 5.17. The van der Waals surface area contributed by atoms with Gasteiger partial charge in [0.15, 0.2) is 5.58 Å². The van der Waals surface area contributed by atoms with Crippen molar-refractivity contribution >= 4 is 34.6 Å². The fourth-order valence-electron chi connectivity index (χ4n) is 4.30. The normalized spacial score (nSPS) is 23.5. The number of carbonyl (C=O) groups is 1. The summed E-state index contributed by atoms with van der Waals surface area (Å²) in [5.41, 5.74) is 1.51. The number of benzene rings is 1. The molecule has 0 amide bonds. The Hall–Kier alpha value is -2.47. The molecule has 0 unspecified atom stereocenters. The number of carbonyl (C=O) groups excluding carboxylic acids is 1. The molecule has 4 rings (SSSR count). The third-order valence-electron chi connectivity index (χ3n) is 5.96. The molecule has 0 fully saturated rings. The van der Waals surface area contributed by atoms with Crippen LogP contribution < -0.4 is 15.1 Å². The van der Waals surface area contributed by atoms with E-state index in [1.54, 1.807) is 0 Å². The molecule has 1 aromatic carbocycles. The molecule has 0 radical (unpaired) electrons. The predicted molar refractivity (Wildman–Crippen MR) is 119 cm³/mol. The lowest BCUT2D eigenvalue weighted by Crippen LogP contribution is -2.36. The zero-order valence-corrected chi connectivity index (χ0v) is 19.2. The van der Waals surface area contributed by atoms with Crippen LogP contribution in [0.3, 0.4) is 0 Å². The average Bonchev–Trinajstić information content (AvgIpc) is 2.70. The summed E-state index contributed by atoms with van der Waals surface area (Å²) in [6, 6.07) is 1.52. The lowest BCUT2D eigenvalue weighted by Gasteiger charge is -2.39. The Labute approximate surface area is 186 Å². The van der Waals surface area contributed by atoms with Gasteiger partial charge in [-0.2, -0.15) is 0 Å². The van der Waals surface area contributed by atoms with Gasteiger partial charge in [-0.3, -0.25) is 4.79 Å². The van der Waals surface area contributed by atoms with Crippen LogP contribution in [0.2, 0.25) is 0 Å². The Morgan fingerprint density at radius 1 is 1.26 bits per heavy atom.